The van der Waals surface area contributed by atoms with Gasteiger partial charge in [0.1, 0.15) is 0 Å². The molecule has 1 saturated heterocycles. The summed E-state index contributed by atoms with van der Waals surface area (Å²) in [6.45, 7) is 5.77. The fraction of sp³-hybridized carbons (Fsp3) is 0.600. The van der Waals surface area contributed by atoms with Gasteiger partial charge in [-0.25, -0.2) is 0 Å². The van der Waals surface area contributed by atoms with E-state index in [0.717, 1.165) is 44.7 Å². The molecule has 0 bridgehead atoms. The van der Waals surface area contributed by atoms with Crippen LogP contribution >= 0.6 is 23.2 Å². The van der Waals surface area contributed by atoms with Gasteiger partial charge in [0.15, 0.2) is 0 Å². The topological polar surface area (TPSA) is 38.5 Å². The Morgan fingerprint density at radius 2 is 2.25 bits per heavy atom. The van der Waals surface area contributed by atoms with E-state index >= 15 is 0 Å². The molecule has 3 nitrogen and oxygen atoms in total. The largest absolute Gasteiger partial charge is 0.378 e. The van der Waals surface area contributed by atoms with Crippen LogP contribution in [0.2, 0.25) is 10.0 Å². The molecule has 2 N–H and O–H groups in total. The highest BCUT2D eigenvalue weighted by atomic mass is 35.5. The molecule has 1 aromatic rings. The third kappa shape index (κ3) is 3.86. The molecule has 0 saturated carbocycles. The molecule has 112 valence electrons. The van der Waals surface area contributed by atoms with Crippen LogP contribution in [0.5, 0.6) is 0 Å². The molecule has 0 amide bonds. The quantitative estimate of drug-likeness (QED) is 0.903. The Bertz CT molecular complexity index is 442. The van der Waals surface area contributed by atoms with Crippen molar-refractivity contribution in [2.24, 2.45) is 5.73 Å². The highest BCUT2D eigenvalue weighted by Crippen LogP contribution is 2.30. The smallest absolute Gasteiger partial charge is 0.0640 e. The van der Waals surface area contributed by atoms with Crippen molar-refractivity contribution >= 4 is 23.2 Å². The summed E-state index contributed by atoms with van der Waals surface area (Å²) in [7, 11) is 0. The maximum atomic E-state index is 6.27. The van der Waals surface area contributed by atoms with Gasteiger partial charge in [-0.1, -0.05) is 42.3 Å². The fourth-order valence-corrected chi connectivity index (χ4v) is 3.07. The van der Waals surface area contributed by atoms with Crippen molar-refractivity contribution in [2.75, 3.05) is 26.3 Å². The van der Waals surface area contributed by atoms with Crippen molar-refractivity contribution in [3.8, 4) is 0 Å². The standard InChI is InChI=1S/C15H22Cl2N2O/c1-2-11-10-20-9-8-19(11)7-6-14(18)12-4-3-5-13(16)15(12)17/h3-5,11,14H,2,6-10,18H2,1H3. The van der Waals surface area contributed by atoms with E-state index in [4.69, 9.17) is 33.7 Å². The molecule has 2 unspecified atom stereocenters. The average molecular weight is 317 g/mol. The zero-order valence-corrected chi connectivity index (χ0v) is 13.3. The monoisotopic (exact) mass is 316 g/mol. The number of halogens is 2. The molecule has 1 aliphatic heterocycles. The number of hydrogen-bond donors (Lipinski definition) is 1. The van der Waals surface area contributed by atoms with Gasteiger partial charge in [0, 0.05) is 25.2 Å². The molecule has 0 radical (unpaired) electrons. The third-order valence-electron chi connectivity index (χ3n) is 3.93. The zero-order chi connectivity index (χ0) is 14.5. The number of benzene rings is 1. The Kier molecular flexibility index (Phi) is 6.12. The van der Waals surface area contributed by atoms with E-state index in [1.54, 1.807) is 6.07 Å². The summed E-state index contributed by atoms with van der Waals surface area (Å²) in [5, 5.41) is 1.15. The highest BCUT2D eigenvalue weighted by molar-refractivity contribution is 6.42. The maximum Gasteiger partial charge on any atom is 0.0640 e. The Balaban J connectivity index is 1.94. The summed E-state index contributed by atoms with van der Waals surface area (Å²) < 4.78 is 5.52. The van der Waals surface area contributed by atoms with Crippen LogP contribution < -0.4 is 5.73 Å². The van der Waals surface area contributed by atoms with Crippen LogP contribution in [0, 0.1) is 0 Å². The van der Waals surface area contributed by atoms with Crippen LogP contribution in [0.15, 0.2) is 18.2 Å². The minimum atomic E-state index is -0.0819. The molecule has 1 aliphatic rings. The molecule has 0 aromatic heterocycles. The average Bonchev–Trinajstić information content (AvgIpc) is 2.48. The minimum Gasteiger partial charge on any atom is -0.378 e. The Morgan fingerprint density at radius 1 is 1.45 bits per heavy atom. The van der Waals surface area contributed by atoms with E-state index in [0.29, 0.717) is 16.1 Å². The van der Waals surface area contributed by atoms with Crippen molar-refractivity contribution in [1.29, 1.82) is 0 Å². The summed E-state index contributed by atoms with van der Waals surface area (Å²) >= 11 is 12.3. The second-order valence-electron chi connectivity index (χ2n) is 5.21. The number of hydrogen-bond acceptors (Lipinski definition) is 3. The van der Waals surface area contributed by atoms with Gasteiger partial charge in [0.2, 0.25) is 0 Å². The summed E-state index contributed by atoms with van der Waals surface area (Å²) in [5.41, 5.74) is 7.20. The maximum absolute atomic E-state index is 6.27. The molecule has 0 spiro atoms. The normalized spacial score (nSPS) is 21.9. The van der Waals surface area contributed by atoms with Gasteiger partial charge in [0.05, 0.1) is 23.3 Å². The first kappa shape index (κ1) is 16.1. The first-order valence-corrected chi connectivity index (χ1v) is 7.90. The Hall–Kier alpha value is -0.320. The van der Waals surface area contributed by atoms with Crippen molar-refractivity contribution in [3.63, 3.8) is 0 Å². The lowest BCUT2D eigenvalue weighted by Crippen LogP contribution is -2.45. The predicted octanol–water partition coefficient (Wildman–Crippen LogP) is 3.49. The molecule has 0 aliphatic carbocycles. The number of ether oxygens (including phenoxy) is 1. The second kappa shape index (κ2) is 7.62. The van der Waals surface area contributed by atoms with Gasteiger partial charge >= 0.3 is 0 Å². The van der Waals surface area contributed by atoms with Crippen LogP contribution in [0.1, 0.15) is 31.4 Å². The number of nitrogens with zero attached hydrogens (tertiary/aromatic N) is 1. The van der Waals surface area contributed by atoms with E-state index in [1.165, 1.54) is 0 Å². The summed E-state index contributed by atoms with van der Waals surface area (Å²) in [4.78, 5) is 2.46. The highest BCUT2D eigenvalue weighted by Gasteiger charge is 2.22. The van der Waals surface area contributed by atoms with Crippen molar-refractivity contribution < 1.29 is 4.74 Å². The van der Waals surface area contributed by atoms with Crippen LogP contribution in [0.3, 0.4) is 0 Å². The minimum absolute atomic E-state index is 0.0819. The van der Waals surface area contributed by atoms with Crippen molar-refractivity contribution in [3.05, 3.63) is 33.8 Å². The first-order valence-electron chi connectivity index (χ1n) is 7.14. The molecule has 2 atom stereocenters. The van der Waals surface area contributed by atoms with E-state index in [1.807, 2.05) is 12.1 Å². The van der Waals surface area contributed by atoms with Crippen LogP contribution in [0.4, 0.5) is 0 Å². The summed E-state index contributed by atoms with van der Waals surface area (Å²) in [6.07, 6.45) is 1.98. The lowest BCUT2D eigenvalue weighted by molar-refractivity contribution is -0.00964. The van der Waals surface area contributed by atoms with E-state index in [-0.39, 0.29) is 6.04 Å². The third-order valence-corrected chi connectivity index (χ3v) is 4.76. The van der Waals surface area contributed by atoms with Gasteiger partial charge in [-0.3, -0.25) is 4.90 Å². The first-order chi connectivity index (χ1) is 9.63. The van der Waals surface area contributed by atoms with E-state index < -0.39 is 0 Å². The molecular weight excluding hydrogens is 295 g/mol. The van der Waals surface area contributed by atoms with Crippen LogP contribution in [-0.4, -0.2) is 37.2 Å². The van der Waals surface area contributed by atoms with Crippen LogP contribution in [-0.2, 0) is 4.74 Å². The van der Waals surface area contributed by atoms with Crippen LogP contribution in [0.25, 0.3) is 0 Å². The van der Waals surface area contributed by atoms with Crippen molar-refractivity contribution in [1.82, 2.24) is 4.90 Å². The SMILES string of the molecule is CCC1COCCN1CCC(N)c1cccc(Cl)c1Cl. The molecule has 20 heavy (non-hydrogen) atoms. The van der Waals surface area contributed by atoms with E-state index in [2.05, 4.69) is 11.8 Å². The molecule has 1 aromatic carbocycles. The van der Waals surface area contributed by atoms with E-state index in [9.17, 15) is 0 Å². The number of morpholine rings is 1. The van der Waals surface area contributed by atoms with Gasteiger partial charge in [-0.05, 0) is 24.5 Å². The molecule has 2 rings (SSSR count). The number of rotatable bonds is 5. The van der Waals surface area contributed by atoms with Crippen molar-refractivity contribution in [2.45, 2.75) is 31.8 Å². The van der Waals surface area contributed by atoms with Gasteiger partial charge < -0.3 is 10.5 Å². The van der Waals surface area contributed by atoms with Gasteiger partial charge in [0.25, 0.3) is 0 Å². The van der Waals surface area contributed by atoms with Gasteiger partial charge in [-0.2, -0.15) is 0 Å². The molecule has 1 fully saturated rings. The predicted molar refractivity (Wildman–Crippen MR) is 84.5 cm³/mol. The lowest BCUT2D eigenvalue weighted by Gasteiger charge is -2.35. The Labute approximate surface area is 131 Å². The summed E-state index contributed by atoms with van der Waals surface area (Å²) in [6, 6.07) is 6.06. The second-order valence-corrected chi connectivity index (χ2v) is 6.00. The zero-order valence-electron chi connectivity index (χ0n) is 11.8. The fourth-order valence-electron chi connectivity index (χ4n) is 2.63. The molecule has 5 heteroatoms. The lowest BCUT2D eigenvalue weighted by atomic mass is 10.0. The molecule has 1 heterocycles. The molecular formula is C15H22Cl2N2O. The summed E-state index contributed by atoms with van der Waals surface area (Å²) in [5.74, 6) is 0. The van der Waals surface area contributed by atoms with Gasteiger partial charge in [-0.15, -0.1) is 0 Å². The Morgan fingerprint density at radius 3 is 3.00 bits per heavy atom. The number of nitrogens with two attached hydrogens (primary N) is 1.